The molecule has 0 N–H and O–H groups in total. The number of rotatable bonds is 12. The van der Waals surface area contributed by atoms with Gasteiger partial charge in [0.15, 0.2) is 0 Å². The second-order valence-corrected chi connectivity index (χ2v) is 5.51. The fraction of sp³-hybridized carbons (Fsp3) is 0.812. The summed E-state index contributed by atoms with van der Waals surface area (Å²) < 4.78 is 15.2. The van der Waals surface area contributed by atoms with Crippen LogP contribution >= 0.6 is 0 Å². The predicted molar refractivity (Wildman–Crippen MR) is 81.4 cm³/mol. The van der Waals surface area contributed by atoms with Crippen LogP contribution in [0.5, 0.6) is 0 Å². The lowest BCUT2D eigenvalue weighted by Crippen LogP contribution is -2.23. The highest BCUT2D eigenvalue weighted by Crippen LogP contribution is 2.08. The Morgan fingerprint density at radius 2 is 1.45 bits per heavy atom. The first kappa shape index (κ1) is 20.6. The number of carbonyl (C=O) groups excluding carboxylic acids is 3. The zero-order valence-corrected chi connectivity index (χ0v) is 14.1. The number of carbonyl (C=O) groups is 3. The molecule has 0 spiro atoms. The smallest absolute Gasteiger partial charge is 0.309 e. The Kier molecular flexibility index (Phi) is 11.4. The van der Waals surface area contributed by atoms with E-state index in [9.17, 15) is 14.4 Å². The van der Waals surface area contributed by atoms with E-state index in [-0.39, 0.29) is 24.6 Å². The van der Waals surface area contributed by atoms with Gasteiger partial charge in [0.2, 0.25) is 0 Å². The molecule has 6 nitrogen and oxygen atoms in total. The van der Waals surface area contributed by atoms with Gasteiger partial charge < -0.3 is 14.2 Å². The molecule has 2 atom stereocenters. The van der Waals surface area contributed by atoms with Gasteiger partial charge in [0.25, 0.3) is 0 Å². The van der Waals surface area contributed by atoms with E-state index in [1.54, 1.807) is 21.0 Å². The van der Waals surface area contributed by atoms with Gasteiger partial charge in [-0.1, -0.05) is 6.42 Å². The van der Waals surface area contributed by atoms with Gasteiger partial charge in [-0.2, -0.15) is 0 Å². The van der Waals surface area contributed by atoms with Crippen LogP contribution in [0.4, 0.5) is 0 Å². The summed E-state index contributed by atoms with van der Waals surface area (Å²) in [5, 5.41) is 0. The molecule has 0 aliphatic heterocycles. The van der Waals surface area contributed by atoms with E-state index in [1.165, 1.54) is 6.92 Å². The largest absolute Gasteiger partial charge is 0.462 e. The van der Waals surface area contributed by atoms with Crippen molar-refractivity contribution in [3.63, 3.8) is 0 Å². The molecule has 0 aromatic heterocycles. The highest BCUT2D eigenvalue weighted by Gasteiger charge is 2.17. The minimum atomic E-state index is -0.525. The Balaban J connectivity index is 3.82. The number of methoxy groups -OCH3 is 1. The van der Waals surface area contributed by atoms with Crippen molar-refractivity contribution in [1.29, 1.82) is 0 Å². The van der Waals surface area contributed by atoms with Crippen LogP contribution in [0.15, 0.2) is 0 Å². The molecular formula is C16H28O6. The summed E-state index contributed by atoms with van der Waals surface area (Å²) in [4.78, 5) is 34.1. The van der Waals surface area contributed by atoms with Gasteiger partial charge in [-0.3, -0.25) is 14.4 Å². The molecule has 22 heavy (non-hydrogen) atoms. The maximum absolute atomic E-state index is 11.6. The van der Waals surface area contributed by atoms with Gasteiger partial charge >= 0.3 is 11.9 Å². The first-order valence-corrected chi connectivity index (χ1v) is 7.72. The number of esters is 2. The molecule has 6 heteroatoms. The lowest BCUT2D eigenvalue weighted by Gasteiger charge is -2.15. The third-order valence-electron chi connectivity index (χ3n) is 2.92. The summed E-state index contributed by atoms with van der Waals surface area (Å²) in [7, 11) is 1.65. The van der Waals surface area contributed by atoms with Crippen LogP contribution < -0.4 is 0 Å². The first-order chi connectivity index (χ1) is 10.3. The minimum Gasteiger partial charge on any atom is -0.462 e. The van der Waals surface area contributed by atoms with Crippen molar-refractivity contribution in [3.8, 4) is 0 Å². The van der Waals surface area contributed by atoms with Crippen molar-refractivity contribution in [2.45, 2.75) is 71.5 Å². The second kappa shape index (κ2) is 12.1. The topological polar surface area (TPSA) is 78.9 Å². The summed E-state index contributed by atoms with van der Waals surface area (Å²) >= 11 is 0. The van der Waals surface area contributed by atoms with E-state index in [0.29, 0.717) is 13.0 Å². The molecular weight excluding hydrogens is 288 g/mol. The number of unbranched alkanes of at least 4 members (excludes halogenated alkanes) is 2. The lowest BCUT2D eigenvalue weighted by atomic mass is 10.2. The summed E-state index contributed by atoms with van der Waals surface area (Å²) in [6.07, 6.45) is 2.12. The van der Waals surface area contributed by atoms with E-state index < -0.39 is 18.2 Å². The van der Waals surface area contributed by atoms with Crippen LogP contribution in [0.2, 0.25) is 0 Å². The molecule has 0 aromatic rings. The molecule has 0 bridgehead atoms. The van der Waals surface area contributed by atoms with E-state index in [4.69, 9.17) is 14.2 Å². The van der Waals surface area contributed by atoms with Gasteiger partial charge in [-0.15, -0.1) is 0 Å². The van der Waals surface area contributed by atoms with Gasteiger partial charge in [-0.05, 0) is 33.6 Å². The molecule has 0 aliphatic carbocycles. The normalized spacial score (nSPS) is 13.3. The van der Waals surface area contributed by atoms with Gasteiger partial charge in [-0.25, -0.2) is 0 Å². The third kappa shape index (κ3) is 12.3. The summed E-state index contributed by atoms with van der Waals surface area (Å²) in [5.74, 6) is -0.808. The quantitative estimate of drug-likeness (QED) is 0.406. The molecule has 128 valence electrons. The third-order valence-corrected chi connectivity index (χ3v) is 2.92. The van der Waals surface area contributed by atoms with Crippen molar-refractivity contribution >= 4 is 17.7 Å². The van der Waals surface area contributed by atoms with Crippen molar-refractivity contribution in [2.24, 2.45) is 0 Å². The lowest BCUT2D eigenvalue weighted by molar-refractivity contribution is -0.156. The number of Topliss-reactive ketones (excluding diaryl/α,β-unsaturated/α-hetero) is 1. The van der Waals surface area contributed by atoms with Crippen molar-refractivity contribution in [2.75, 3.05) is 13.7 Å². The maximum Gasteiger partial charge on any atom is 0.309 e. The fourth-order valence-electron chi connectivity index (χ4n) is 1.97. The van der Waals surface area contributed by atoms with Gasteiger partial charge in [0.1, 0.15) is 18.0 Å². The van der Waals surface area contributed by atoms with Crippen LogP contribution in [0.3, 0.4) is 0 Å². The first-order valence-electron chi connectivity index (χ1n) is 7.72. The highest BCUT2D eigenvalue weighted by atomic mass is 16.6. The van der Waals surface area contributed by atoms with Crippen molar-refractivity contribution in [3.05, 3.63) is 0 Å². The second-order valence-electron chi connectivity index (χ2n) is 5.51. The van der Waals surface area contributed by atoms with Crippen LogP contribution in [-0.2, 0) is 28.6 Å². The number of ketones is 1. The average Bonchev–Trinajstić information content (AvgIpc) is 2.36. The minimum absolute atomic E-state index is 0.00232. The average molecular weight is 316 g/mol. The Hall–Kier alpha value is -1.43. The van der Waals surface area contributed by atoms with Crippen LogP contribution in [0.25, 0.3) is 0 Å². The SMILES string of the molecule is COCCCCCC(=O)O[C@H](C)CC(=O)O[C@H](C)CC(C)=O. The molecule has 0 fully saturated rings. The van der Waals surface area contributed by atoms with Gasteiger partial charge in [0.05, 0.1) is 6.42 Å². The molecule has 0 heterocycles. The van der Waals surface area contributed by atoms with Crippen LogP contribution in [0.1, 0.15) is 59.3 Å². The van der Waals surface area contributed by atoms with Crippen LogP contribution in [-0.4, -0.2) is 43.6 Å². The summed E-state index contributed by atoms with van der Waals surface area (Å²) in [5.41, 5.74) is 0. The molecule has 0 rings (SSSR count). The number of hydrogen-bond donors (Lipinski definition) is 0. The molecule has 0 unspecified atom stereocenters. The zero-order valence-electron chi connectivity index (χ0n) is 14.1. The van der Waals surface area contributed by atoms with E-state index in [0.717, 1.165) is 19.3 Å². The Labute approximate surface area is 132 Å². The molecule has 0 aliphatic rings. The molecule has 0 saturated heterocycles. The molecule has 0 amide bonds. The maximum atomic E-state index is 11.6. The predicted octanol–water partition coefficient (Wildman–Crippen LogP) is 2.43. The van der Waals surface area contributed by atoms with Crippen molar-refractivity contribution in [1.82, 2.24) is 0 Å². The Morgan fingerprint density at radius 1 is 0.864 bits per heavy atom. The van der Waals surface area contributed by atoms with Crippen LogP contribution in [0, 0.1) is 0 Å². The molecule has 0 radical (unpaired) electrons. The van der Waals surface area contributed by atoms with E-state index in [1.807, 2.05) is 0 Å². The fourth-order valence-corrected chi connectivity index (χ4v) is 1.97. The summed E-state index contributed by atoms with van der Waals surface area (Å²) in [6, 6.07) is 0. The van der Waals surface area contributed by atoms with Gasteiger partial charge in [0, 0.05) is 26.6 Å². The monoisotopic (exact) mass is 316 g/mol. The van der Waals surface area contributed by atoms with Crippen molar-refractivity contribution < 1.29 is 28.6 Å². The molecule has 0 aromatic carbocycles. The standard InChI is InChI=1S/C16H28O6/c1-12(17)10-13(2)22-16(19)11-14(3)21-15(18)8-6-5-7-9-20-4/h13-14H,5-11H2,1-4H3/t13-,14-/m1/s1. The van der Waals surface area contributed by atoms with E-state index in [2.05, 4.69) is 0 Å². The van der Waals surface area contributed by atoms with E-state index >= 15 is 0 Å². The Bertz CT molecular complexity index is 353. The zero-order chi connectivity index (χ0) is 17.0. The highest BCUT2D eigenvalue weighted by molar-refractivity contribution is 5.77. The molecule has 0 saturated carbocycles. The number of hydrogen-bond acceptors (Lipinski definition) is 6. The number of ether oxygens (including phenoxy) is 3. The Morgan fingerprint density at radius 3 is 2.05 bits per heavy atom. The summed E-state index contributed by atoms with van der Waals surface area (Å²) in [6.45, 7) is 5.45.